The quantitative estimate of drug-likeness (QED) is 0.391. The highest BCUT2D eigenvalue weighted by Crippen LogP contribution is 2.38. The molecule has 0 radical (unpaired) electrons. The molecule has 38 heavy (non-hydrogen) atoms. The van der Waals surface area contributed by atoms with E-state index in [1.165, 1.54) is 0 Å². The molecule has 0 unspecified atom stereocenters. The van der Waals surface area contributed by atoms with Crippen LogP contribution in [0.25, 0.3) is 22.4 Å². The molecule has 0 bridgehead atoms. The molecule has 6 rings (SSSR count). The Labute approximate surface area is 223 Å². The Morgan fingerprint density at radius 2 is 1.89 bits per heavy atom. The molecule has 2 aliphatic heterocycles. The van der Waals surface area contributed by atoms with Crippen molar-refractivity contribution in [3.8, 4) is 22.4 Å². The van der Waals surface area contributed by atoms with Crippen LogP contribution in [0.3, 0.4) is 0 Å². The van der Waals surface area contributed by atoms with Crippen LogP contribution >= 0.6 is 0 Å². The number of carbonyl (C=O) groups excluding carboxylic acids is 1. The number of carbonyl (C=O) groups is 1. The van der Waals surface area contributed by atoms with Crippen molar-refractivity contribution in [2.24, 2.45) is 12.5 Å². The van der Waals surface area contributed by atoms with Gasteiger partial charge in [-0.2, -0.15) is 10.2 Å². The first-order valence-corrected chi connectivity index (χ1v) is 13.4. The van der Waals surface area contributed by atoms with E-state index in [-0.39, 0.29) is 11.9 Å². The largest absolute Gasteiger partial charge is 0.370 e. The van der Waals surface area contributed by atoms with Crippen LogP contribution in [0.15, 0.2) is 61.1 Å². The summed E-state index contributed by atoms with van der Waals surface area (Å²) < 4.78 is 3.73. The molecule has 2 aromatic carbocycles. The fourth-order valence-corrected chi connectivity index (χ4v) is 5.54. The molecule has 2 fully saturated rings. The van der Waals surface area contributed by atoms with Crippen molar-refractivity contribution in [1.82, 2.24) is 30.2 Å². The first-order valence-electron chi connectivity index (χ1n) is 13.4. The third-order valence-corrected chi connectivity index (χ3v) is 7.99. The summed E-state index contributed by atoms with van der Waals surface area (Å²) in [5.41, 5.74) is 8.30. The fourth-order valence-electron chi connectivity index (χ4n) is 5.54. The zero-order valence-corrected chi connectivity index (χ0v) is 22.5. The van der Waals surface area contributed by atoms with Crippen LogP contribution in [0, 0.1) is 12.3 Å². The molecule has 196 valence electrons. The number of nitrogens with one attached hydrogen (secondary N) is 2. The molecule has 8 heteroatoms. The Kier molecular flexibility index (Phi) is 6.07. The fraction of sp³-hybridized carbons (Fsp3) is 0.367. The van der Waals surface area contributed by atoms with Crippen LogP contribution in [-0.4, -0.2) is 51.6 Å². The third-order valence-electron chi connectivity index (χ3n) is 7.99. The number of amides is 1. The zero-order chi connectivity index (χ0) is 26.4. The van der Waals surface area contributed by atoms with Gasteiger partial charge in [-0.25, -0.2) is 0 Å². The van der Waals surface area contributed by atoms with E-state index in [1.54, 1.807) is 4.68 Å². The highest BCUT2D eigenvalue weighted by molar-refractivity contribution is 5.97. The third kappa shape index (κ3) is 4.49. The summed E-state index contributed by atoms with van der Waals surface area (Å²) >= 11 is 0. The maximum Gasteiger partial charge on any atom is 0.252 e. The predicted molar refractivity (Wildman–Crippen MR) is 150 cm³/mol. The maximum absolute atomic E-state index is 13.5. The first-order chi connectivity index (χ1) is 18.3. The van der Waals surface area contributed by atoms with Gasteiger partial charge in [0.1, 0.15) is 0 Å². The molecular formula is C30H35N7O. The minimum Gasteiger partial charge on any atom is -0.370 e. The van der Waals surface area contributed by atoms with Gasteiger partial charge in [0.05, 0.1) is 17.9 Å². The van der Waals surface area contributed by atoms with Gasteiger partial charge in [0.15, 0.2) is 0 Å². The van der Waals surface area contributed by atoms with Crippen molar-refractivity contribution in [2.45, 2.75) is 33.4 Å². The van der Waals surface area contributed by atoms with Crippen LogP contribution in [0.4, 0.5) is 5.69 Å². The van der Waals surface area contributed by atoms with Gasteiger partial charge in [0, 0.05) is 80.0 Å². The lowest BCUT2D eigenvalue weighted by atomic mass is 9.74. The lowest BCUT2D eigenvalue weighted by Crippen LogP contribution is -2.71. The Morgan fingerprint density at radius 3 is 2.55 bits per heavy atom. The molecule has 2 aromatic heterocycles. The van der Waals surface area contributed by atoms with Gasteiger partial charge in [0.25, 0.3) is 5.91 Å². The van der Waals surface area contributed by atoms with Gasteiger partial charge < -0.3 is 15.5 Å². The summed E-state index contributed by atoms with van der Waals surface area (Å²) in [6.07, 6.45) is 5.87. The number of hydrogen-bond donors (Lipinski definition) is 2. The second-order valence-corrected chi connectivity index (χ2v) is 11.0. The summed E-state index contributed by atoms with van der Waals surface area (Å²) in [6, 6.07) is 14.5. The van der Waals surface area contributed by atoms with E-state index in [4.69, 9.17) is 5.10 Å². The summed E-state index contributed by atoms with van der Waals surface area (Å²) in [7, 11) is 1.92. The summed E-state index contributed by atoms with van der Waals surface area (Å²) in [6.45, 7) is 11.2. The van der Waals surface area contributed by atoms with Crippen molar-refractivity contribution in [3.63, 3.8) is 0 Å². The zero-order valence-electron chi connectivity index (χ0n) is 22.5. The highest BCUT2D eigenvalue weighted by atomic mass is 16.1. The predicted octanol–water partition coefficient (Wildman–Crippen LogP) is 4.18. The van der Waals surface area contributed by atoms with Crippen molar-refractivity contribution in [2.75, 3.05) is 31.1 Å². The molecular weight excluding hydrogens is 474 g/mol. The van der Waals surface area contributed by atoms with Crippen molar-refractivity contribution < 1.29 is 4.79 Å². The van der Waals surface area contributed by atoms with Crippen LogP contribution < -0.4 is 15.5 Å². The summed E-state index contributed by atoms with van der Waals surface area (Å²) in [5.74, 6) is -0.0546. The van der Waals surface area contributed by atoms with Crippen LogP contribution in [0.1, 0.15) is 41.4 Å². The topological polar surface area (TPSA) is 80.0 Å². The summed E-state index contributed by atoms with van der Waals surface area (Å²) in [4.78, 5) is 15.9. The Morgan fingerprint density at radius 1 is 1.11 bits per heavy atom. The SMILES string of the molecule is CCn1ccc(-c2cc(-c3cnn(C)c3)cc([C@@H](C)NC(=O)c3cc(N4CC5(CNC5)C4)ccc3C)c2)n1. The van der Waals surface area contributed by atoms with Gasteiger partial charge in [0.2, 0.25) is 0 Å². The van der Waals surface area contributed by atoms with E-state index in [0.717, 1.165) is 77.5 Å². The first kappa shape index (κ1) is 24.4. The molecule has 2 aliphatic rings. The van der Waals surface area contributed by atoms with E-state index in [2.05, 4.69) is 57.9 Å². The average Bonchev–Trinajstić information content (AvgIpc) is 3.52. The number of benzene rings is 2. The lowest BCUT2D eigenvalue weighted by Gasteiger charge is -2.57. The van der Waals surface area contributed by atoms with Crippen molar-refractivity contribution in [1.29, 1.82) is 0 Å². The van der Waals surface area contributed by atoms with E-state index in [9.17, 15) is 4.79 Å². The van der Waals surface area contributed by atoms with Crippen LogP contribution in [0.5, 0.6) is 0 Å². The molecule has 2 N–H and O–H groups in total. The highest BCUT2D eigenvalue weighted by Gasteiger charge is 2.47. The minimum absolute atomic E-state index is 0.0546. The van der Waals surface area contributed by atoms with Crippen LogP contribution in [0.2, 0.25) is 0 Å². The number of aromatic nitrogens is 4. The van der Waals surface area contributed by atoms with E-state index < -0.39 is 0 Å². The molecule has 0 saturated carbocycles. The second-order valence-electron chi connectivity index (χ2n) is 11.0. The van der Waals surface area contributed by atoms with Gasteiger partial charge in [-0.15, -0.1) is 0 Å². The number of anilines is 1. The Balaban J connectivity index is 1.26. The molecule has 1 atom stereocenters. The standard InChI is InChI=1S/C30H35N7O/c1-5-37-9-8-28(34-37)24-11-22(10-23(12-24)25-14-32-35(4)15-25)21(3)33-29(38)27-13-26(7-6-20(27)2)36-18-30(19-36)16-31-17-30/h6-15,21,31H,5,16-19H2,1-4H3,(H,33,38)/t21-/m1/s1. The number of hydrogen-bond acceptors (Lipinski definition) is 5. The van der Waals surface area contributed by atoms with E-state index in [1.807, 2.05) is 56.3 Å². The number of rotatable bonds is 7. The van der Waals surface area contributed by atoms with Gasteiger partial charge >= 0.3 is 0 Å². The molecule has 2 saturated heterocycles. The van der Waals surface area contributed by atoms with Gasteiger partial charge in [-0.3, -0.25) is 14.2 Å². The molecule has 4 aromatic rings. The van der Waals surface area contributed by atoms with Gasteiger partial charge in [-0.1, -0.05) is 6.07 Å². The number of nitrogens with zero attached hydrogens (tertiary/aromatic N) is 5. The molecule has 1 spiro atoms. The molecule has 1 amide bonds. The smallest absolute Gasteiger partial charge is 0.252 e. The van der Waals surface area contributed by atoms with Crippen LogP contribution in [-0.2, 0) is 13.6 Å². The normalized spacial score (nSPS) is 16.7. The summed E-state index contributed by atoms with van der Waals surface area (Å²) in [5, 5.41) is 15.7. The average molecular weight is 510 g/mol. The maximum atomic E-state index is 13.5. The molecule has 0 aliphatic carbocycles. The second kappa shape index (κ2) is 9.44. The molecule has 8 nitrogen and oxygen atoms in total. The van der Waals surface area contributed by atoms with Crippen molar-refractivity contribution >= 4 is 11.6 Å². The van der Waals surface area contributed by atoms with E-state index in [0.29, 0.717) is 5.41 Å². The minimum atomic E-state index is -0.192. The van der Waals surface area contributed by atoms with Gasteiger partial charge in [-0.05, 0) is 73.9 Å². The monoisotopic (exact) mass is 509 g/mol. The van der Waals surface area contributed by atoms with E-state index >= 15 is 0 Å². The lowest BCUT2D eigenvalue weighted by molar-refractivity contribution is 0.0939. The number of aryl methyl sites for hydroxylation is 3. The van der Waals surface area contributed by atoms with Crippen molar-refractivity contribution in [3.05, 3.63) is 77.7 Å². The molecule has 4 heterocycles. The Bertz CT molecular complexity index is 1490. The Hall–Kier alpha value is -3.91.